The molecule has 0 radical (unpaired) electrons. The number of anilines is 3. The van der Waals surface area contributed by atoms with Crippen LogP contribution in [0.15, 0.2) is 48.5 Å². The van der Waals surface area contributed by atoms with E-state index in [2.05, 4.69) is 5.32 Å². The molecular weight excluding hydrogens is 354 g/mol. The Kier molecular flexibility index (Phi) is 6.10. The molecule has 0 bridgehead atoms. The molecule has 0 aromatic heterocycles. The normalized spacial score (nSPS) is 10.9. The molecule has 2 rings (SSSR count). The summed E-state index contributed by atoms with van der Waals surface area (Å²) in [6.45, 7) is -0.322. The first-order valence-corrected chi connectivity index (χ1v) is 9.74. The summed E-state index contributed by atoms with van der Waals surface area (Å²) in [6.07, 6.45) is 1.08. The van der Waals surface area contributed by atoms with Crippen molar-refractivity contribution in [3.63, 3.8) is 0 Å². The van der Waals surface area contributed by atoms with Crippen molar-refractivity contribution in [2.45, 2.75) is 0 Å². The Morgan fingerprint density at radius 2 is 1.69 bits per heavy atom. The van der Waals surface area contributed by atoms with Gasteiger partial charge in [0.15, 0.2) is 0 Å². The smallest absolute Gasteiger partial charge is 0.245 e. The van der Waals surface area contributed by atoms with Crippen molar-refractivity contribution in [1.29, 1.82) is 0 Å². The van der Waals surface area contributed by atoms with Crippen LogP contribution in [0.2, 0.25) is 0 Å². The number of carbonyl (C=O) groups excluding carboxylic acids is 1. The van der Waals surface area contributed by atoms with Crippen LogP contribution < -0.4 is 19.3 Å². The lowest BCUT2D eigenvalue weighted by atomic mass is 10.2. The minimum absolute atomic E-state index is 0.322. The molecule has 0 unspecified atom stereocenters. The van der Waals surface area contributed by atoms with E-state index in [0.717, 1.165) is 16.2 Å². The lowest BCUT2D eigenvalue weighted by Crippen LogP contribution is -2.37. The Hall–Kier alpha value is -2.74. The first-order valence-electron chi connectivity index (χ1n) is 7.89. The third-order valence-corrected chi connectivity index (χ3v) is 4.84. The number of sulfonamides is 1. The van der Waals surface area contributed by atoms with Crippen LogP contribution in [0.25, 0.3) is 0 Å². The fourth-order valence-electron chi connectivity index (χ4n) is 2.35. The predicted molar refractivity (Wildman–Crippen MR) is 105 cm³/mol. The van der Waals surface area contributed by atoms with Gasteiger partial charge in [0, 0.05) is 31.5 Å². The maximum absolute atomic E-state index is 12.4. The maximum atomic E-state index is 12.4. The molecule has 1 N–H and O–H groups in total. The average molecular weight is 377 g/mol. The second-order valence-corrected chi connectivity index (χ2v) is 7.87. The lowest BCUT2D eigenvalue weighted by molar-refractivity contribution is -0.114. The van der Waals surface area contributed by atoms with Gasteiger partial charge in [-0.15, -0.1) is 0 Å². The maximum Gasteiger partial charge on any atom is 0.245 e. The molecule has 2 aromatic carbocycles. The quantitative estimate of drug-likeness (QED) is 0.800. The third kappa shape index (κ3) is 5.13. The molecule has 0 saturated heterocycles. The van der Waals surface area contributed by atoms with Crippen molar-refractivity contribution in [2.24, 2.45) is 0 Å². The number of hydrogen-bond donors (Lipinski definition) is 1. The Labute approximate surface area is 154 Å². The minimum atomic E-state index is -3.62. The van der Waals surface area contributed by atoms with E-state index < -0.39 is 15.9 Å². The van der Waals surface area contributed by atoms with Crippen molar-refractivity contribution >= 4 is 33.0 Å². The molecule has 140 valence electrons. The van der Waals surface area contributed by atoms with Crippen LogP contribution in [0, 0.1) is 0 Å². The number of hydrogen-bond acceptors (Lipinski definition) is 5. The predicted octanol–water partition coefficient (Wildman–Crippen LogP) is 2.17. The summed E-state index contributed by atoms with van der Waals surface area (Å²) in [5.74, 6) is 0.155. The van der Waals surface area contributed by atoms with Gasteiger partial charge >= 0.3 is 0 Å². The number of nitrogens with one attached hydrogen (secondary N) is 1. The fraction of sp³-hybridized carbons (Fsp3) is 0.278. The van der Waals surface area contributed by atoms with Gasteiger partial charge in [-0.1, -0.05) is 6.07 Å². The molecular formula is C18H23N3O4S. The summed E-state index contributed by atoms with van der Waals surface area (Å²) in [5.41, 5.74) is 1.90. The monoisotopic (exact) mass is 377 g/mol. The molecule has 8 heteroatoms. The van der Waals surface area contributed by atoms with Gasteiger partial charge in [0.25, 0.3) is 0 Å². The molecule has 2 aromatic rings. The standard InChI is InChI=1S/C18H23N3O4S/c1-20(2)15-8-10-16(11-9-15)21(26(4,23)24)13-18(22)19-14-6-5-7-17(12-14)25-3/h5-12H,13H2,1-4H3,(H,19,22). The number of amides is 1. The van der Waals surface area contributed by atoms with Gasteiger partial charge in [-0.2, -0.15) is 0 Å². The topological polar surface area (TPSA) is 79.0 Å². The Balaban J connectivity index is 2.18. The fourth-order valence-corrected chi connectivity index (χ4v) is 3.21. The number of ether oxygens (including phenoxy) is 1. The van der Waals surface area contributed by atoms with Gasteiger partial charge in [-0.3, -0.25) is 9.10 Å². The molecule has 0 saturated carbocycles. The first kappa shape index (κ1) is 19.6. The van der Waals surface area contributed by atoms with Crippen LogP contribution in [0.5, 0.6) is 5.75 Å². The van der Waals surface area contributed by atoms with E-state index in [1.54, 1.807) is 48.5 Å². The molecule has 0 aliphatic rings. The Morgan fingerprint density at radius 3 is 2.23 bits per heavy atom. The summed E-state index contributed by atoms with van der Waals surface area (Å²) in [5, 5.41) is 2.69. The average Bonchev–Trinajstić information content (AvgIpc) is 2.59. The molecule has 0 atom stereocenters. The zero-order valence-corrected chi connectivity index (χ0v) is 16.1. The Morgan fingerprint density at radius 1 is 1.08 bits per heavy atom. The Bertz CT molecular complexity index is 864. The van der Waals surface area contributed by atoms with E-state index in [1.165, 1.54) is 7.11 Å². The van der Waals surface area contributed by atoms with E-state index in [0.29, 0.717) is 17.1 Å². The summed E-state index contributed by atoms with van der Waals surface area (Å²) in [4.78, 5) is 14.3. The molecule has 0 aliphatic heterocycles. The summed E-state index contributed by atoms with van der Waals surface area (Å²) in [6, 6.07) is 13.8. The van der Waals surface area contributed by atoms with Crippen LogP contribution in [0.1, 0.15) is 0 Å². The summed E-state index contributed by atoms with van der Waals surface area (Å²) in [7, 11) is 1.70. The summed E-state index contributed by atoms with van der Waals surface area (Å²) >= 11 is 0. The van der Waals surface area contributed by atoms with Crippen LogP contribution in [0.3, 0.4) is 0 Å². The van der Waals surface area contributed by atoms with E-state index in [9.17, 15) is 13.2 Å². The van der Waals surface area contributed by atoms with E-state index in [4.69, 9.17) is 4.74 Å². The van der Waals surface area contributed by atoms with Crippen molar-refractivity contribution in [2.75, 3.05) is 48.5 Å². The second-order valence-electron chi connectivity index (χ2n) is 5.96. The van der Waals surface area contributed by atoms with Crippen LogP contribution >= 0.6 is 0 Å². The SMILES string of the molecule is COc1cccc(NC(=O)CN(c2ccc(N(C)C)cc2)S(C)(=O)=O)c1. The lowest BCUT2D eigenvalue weighted by Gasteiger charge is -2.23. The zero-order valence-electron chi connectivity index (χ0n) is 15.3. The summed E-state index contributed by atoms with van der Waals surface area (Å²) < 4.78 is 30.5. The van der Waals surface area contributed by atoms with Gasteiger partial charge < -0.3 is 15.0 Å². The highest BCUT2D eigenvalue weighted by molar-refractivity contribution is 7.92. The van der Waals surface area contributed by atoms with Gasteiger partial charge in [-0.25, -0.2) is 8.42 Å². The van der Waals surface area contributed by atoms with Gasteiger partial charge in [0.05, 0.1) is 19.1 Å². The van der Waals surface area contributed by atoms with Gasteiger partial charge in [0.2, 0.25) is 15.9 Å². The van der Waals surface area contributed by atoms with Gasteiger partial charge in [0.1, 0.15) is 12.3 Å². The van der Waals surface area contributed by atoms with Crippen molar-refractivity contribution in [3.8, 4) is 5.75 Å². The molecule has 0 fully saturated rings. The van der Waals surface area contributed by atoms with E-state index >= 15 is 0 Å². The van der Waals surface area contributed by atoms with Gasteiger partial charge in [-0.05, 0) is 36.4 Å². The van der Waals surface area contributed by atoms with E-state index in [-0.39, 0.29) is 6.54 Å². The zero-order chi connectivity index (χ0) is 19.3. The number of carbonyl (C=O) groups is 1. The highest BCUT2D eigenvalue weighted by Gasteiger charge is 2.21. The molecule has 0 aliphatic carbocycles. The van der Waals surface area contributed by atoms with Crippen LogP contribution in [-0.2, 0) is 14.8 Å². The molecule has 26 heavy (non-hydrogen) atoms. The minimum Gasteiger partial charge on any atom is -0.497 e. The van der Waals surface area contributed by atoms with Crippen LogP contribution in [-0.4, -0.2) is 48.3 Å². The van der Waals surface area contributed by atoms with Crippen molar-refractivity contribution in [3.05, 3.63) is 48.5 Å². The number of nitrogens with zero attached hydrogens (tertiary/aromatic N) is 2. The highest BCUT2D eigenvalue weighted by Crippen LogP contribution is 2.22. The largest absolute Gasteiger partial charge is 0.497 e. The second kappa shape index (κ2) is 8.09. The molecule has 0 heterocycles. The number of rotatable bonds is 7. The first-order chi connectivity index (χ1) is 12.2. The van der Waals surface area contributed by atoms with E-state index in [1.807, 2.05) is 19.0 Å². The van der Waals surface area contributed by atoms with Crippen molar-refractivity contribution < 1.29 is 17.9 Å². The number of benzene rings is 2. The highest BCUT2D eigenvalue weighted by atomic mass is 32.2. The molecule has 7 nitrogen and oxygen atoms in total. The van der Waals surface area contributed by atoms with Crippen LogP contribution in [0.4, 0.5) is 17.1 Å². The molecule has 0 spiro atoms. The van der Waals surface area contributed by atoms with Crippen molar-refractivity contribution in [1.82, 2.24) is 0 Å². The molecule has 1 amide bonds. The number of methoxy groups -OCH3 is 1. The third-order valence-electron chi connectivity index (χ3n) is 3.70.